The van der Waals surface area contributed by atoms with E-state index in [2.05, 4.69) is 96.6 Å². The average Bonchev–Trinajstić information content (AvgIpc) is 3.10. The number of hydrogen-bond donors (Lipinski definition) is 2. The lowest BCUT2D eigenvalue weighted by molar-refractivity contribution is 0.477. The number of aliphatic imine (C=N–C) groups is 1. The third-order valence-electron chi connectivity index (χ3n) is 4.93. The van der Waals surface area contributed by atoms with Crippen LogP contribution in [0.15, 0.2) is 40.5 Å². The first-order valence-corrected chi connectivity index (χ1v) is 12.1. The second-order valence-electron chi connectivity index (χ2n) is 8.58. The molecule has 1 heterocycles. The summed E-state index contributed by atoms with van der Waals surface area (Å²) in [6.07, 6.45) is 3.95. The number of nitrogens with one attached hydrogen (secondary N) is 2. The normalized spacial score (nSPS) is 12.0. The van der Waals surface area contributed by atoms with Crippen LogP contribution in [0.25, 0.3) is 0 Å². The van der Waals surface area contributed by atoms with E-state index in [9.17, 15) is 0 Å². The monoisotopic (exact) mass is 558 g/mol. The molecular weight excluding hydrogens is 519 g/mol. The molecule has 0 spiro atoms. The van der Waals surface area contributed by atoms with Gasteiger partial charge in [-0.25, -0.2) is 0 Å². The number of thioether (sulfide) groups is 1. The van der Waals surface area contributed by atoms with Crippen molar-refractivity contribution in [1.29, 1.82) is 0 Å². The highest BCUT2D eigenvalue weighted by atomic mass is 127. The third-order valence-corrected chi connectivity index (χ3v) is 5.59. The Balaban J connectivity index is 0.00000480. The first kappa shape index (κ1) is 27.7. The van der Waals surface area contributed by atoms with Gasteiger partial charge < -0.3 is 15.2 Å². The standard InChI is InChI=1S/C23H38N6S.HI/c1-7-24-21(26-17-23(4,5)19-12-9-8-10-13-19)25-15-11-14-20-27-28-22(30-6)29(20)16-18(2)3;/h8-10,12-13,18H,7,11,14-17H2,1-6H3,(H2,24,25,26);1H. The van der Waals surface area contributed by atoms with Crippen LogP contribution in [-0.2, 0) is 18.4 Å². The number of guanidine groups is 1. The Labute approximate surface area is 209 Å². The molecule has 0 bridgehead atoms. The van der Waals surface area contributed by atoms with E-state index in [1.165, 1.54) is 5.56 Å². The zero-order valence-electron chi connectivity index (χ0n) is 19.8. The Morgan fingerprint density at radius 3 is 2.48 bits per heavy atom. The van der Waals surface area contributed by atoms with Crippen molar-refractivity contribution in [2.45, 2.75) is 64.6 Å². The van der Waals surface area contributed by atoms with Crippen molar-refractivity contribution in [3.8, 4) is 0 Å². The number of nitrogens with zero attached hydrogens (tertiary/aromatic N) is 4. The quantitative estimate of drug-likeness (QED) is 0.137. The van der Waals surface area contributed by atoms with Crippen LogP contribution in [0.1, 0.15) is 52.4 Å². The highest BCUT2D eigenvalue weighted by molar-refractivity contribution is 14.0. The number of benzene rings is 1. The number of hydrogen-bond acceptors (Lipinski definition) is 4. The van der Waals surface area contributed by atoms with Gasteiger partial charge in [-0.15, -0.1) is 34.2 Å². The van der Waals surface area contributed by atoms with Gasteiger partial charge in [-0.1, -0.05) is 69.8 Å². The Hall–Kier alpha value is -1.29. The second-order valence-corrected chi connectivity index (χ2v) is 9.36. The Kier molecular flexibility index (Phi) is 12.5. The van der Waals surface area contributed by atoms with Gasteiger partial charge in [0.2, 0.25) is 0 Å². The summed E-state index contributed by atoms with van der Waals surface area (Å²) in [6.45, 7) is 14.4. The molecule has 0 unspecified atom stereocenters. The zero-order valence-corrected chi connectivity index (χ0v) is 23.0. The van der Waals surface area contributed by atoms with Crippen molar-refractivity contribution in [1.82, 2.24) is 25.4 Å². The number of aryl methyl sites for hydroxylation is 1. The lowest BCUT2D eigenvalue weighted by Gasteiger charge is -2.24. The molecule has 1 aromatic carbocycles. The summed E-state index contributed by atoms with van der Waals surface area (Å²) in [6, 6.07) is 10.6. The molecular formula is C23H39IN6S. The molecule has 0 aliphatic heterocycles. The van der Waals surface area contributed by atoms with Gasteiger partial charge in [-0.2, -0.15) is 0 Å². The molecule has 0 aliphatic carbocycles. The summed E-state index contributed by atoms with van der Waals surface area (Å²) < 4.78 is 2.26. The summed E-state index contributed by atoms with van der Waals surface area (Å²) >= 11 is 1.66. The van der Waals surface area contributed by atoms with Crippen LogP contribution < -0.4 is 10.6 Å². The number of aromatic nitrogens is 3. The molecule has 6 nitrogen and oxygen atoms in total. The van der Waals surface area contributed by atoms with E-state index in [1.807, 2.05) is 0 Å². The van der Waals surface area contributed by atoms with Gasteiger partial charge >= 0.3 is 0 Å². The third kappa shape index (κ3) is 9.00. The molecule has 0 radical (unpaired) electrons. The van der Waals surface area contributed by atoms with Crippen molar-refractivity contribution in [3.05, 3.63) is 41.7 Å². The molecule has 0 fully saturated rings. The lowest BCUT2D eigenvalue weighted by atomic mass is 9.85. The minimum atomic E-state index is -0.00883. The van der Waals surface area contributed by atoms with Gasteiger partial charge in [0, 0.05) is 31.5 Å². The highest BCUT2D eigenvalue weighted by Gasteiger charge is 2.20. The molecule has 0 aliphatic rings. The van der Waals surface area contributed by atoms with Crippen LogP contribution in [0, 0.1) is 5.92 Å². The van der Waals surface area contributed by atoms with Gasteiger partial charge in [-0.05, 0) is 31.1 Å². The minimum Gasteiger partial charge on any atom is -0.357 e. The molecule has 8 heteroatoms. The Morgan fingerprint density at radius 1 is 1.16 bits per heavy atom. The van der Waals surface area contributed by atoms with Crippen molar-refractivity contribution in [3.63, 3.8) is 0 Å². The SMILES string of the molecule is CCNC(=NCC(C)(C)c1ccccc1)NCCCc1nnc(SC)n1CC(C)C.I. The van der Waals surface area contributed by atoms with Crippen molar-refractivity contribution in [2.75, 3.05) is 25.9 Å². The summed E-state index contributed by atoms with van der Waals surface area (Å²) in [5.41, 5.74) is 1.30. The van der Waals surface area contributed by atoms with Crippen LogP contribution in [0.5, 0.6) is 0 Å². The lowest BCUT2D eigenvalue weighted by Crippen LogP contribution is -2.39. The molecule has 2 rings (SSSR count). The van der Waals surface area contributed by atoms with Gasteiger partial charge in [-0.3, -0.25) is 4.99 Å². The maximum Gasteiger partial charge on any atom is 0.191 e. The topological polar surface area (TPSA) is 67.1 Å². The van der Waals surface area contributed by atoms with Crippen LogP contribution in [0.4, 0.5) is 0 Å². The fraction of sp³-hybridized carbons (Fsp3) is 0.609. The van der Waals surface area contributed by atoms with E-state index in [4.69, 9.17) is 4.99 Å². The fourth-order valence-corrected chi connectivity index (χ4v) is 3.78. The van der Waals surface area contributed by atoms with Gasteiger partial charge in [0.1, 0.15) is 5.82 Å². The maximum atomic E-state index is 4.84. The Morgan fingerprint density at radius 2 is 1.87 bits per heavy atom. The minimum absolute atomic E-state index is 0. The first-order valence-electron chi connectivity index (χ1n) is 10.9. The molecule has 0 saturated carbocycles. The van der Waals surface area contributed by atoms with Gasteiger partial charge in [0.05, 0.1) is 6.54 Å². The van der Waals surface area contributed by atoms with E-state index in [-0.39, 0.29) is 29.4 Å². The summed E-state index contributed by atoms with van der Waals surface area (Å²) in [7, 11) is 0. The van der Waals surface area contributed by atoms with Crippen LogP contribution in [0.3, 0.4) is 0 Å². The van der Waals surface area contributed by atoms with Crippen molar-refractivity contribution in [2.24, 2.45) is 10.9 Å². The maximum absolute atomic E-state index is 4.84. The molecule has 2 aromatic rings. The average molecular weight is 559 g/mol. The summed E-state index contributed by atoms with van der Waals surface area (Å²) in [5, 5.41) is 16.6. The highest BCUT2D eigenvalue weighted by Crippen LogP contribution is 2.23. The predicted octanol–water partition coefficient (Wildman–Crippen LogP) is 4.74. The summed E-state index contributed by atoms with van der Waals surface area (Å²) in [4.78, 5) is 4.84. The van der Waals surface area contributed by atoms with Crippen molar-refractivity contribution >= 4 is 41.7 Å². The number of halogens is 1. The van der Waals surface area contributed by atoms with E-state index < -0.39 is 0 Å². The van der Waals surface area contributed by atoms with E-state index in [0.717, 1.165) is 56.0 Å². The van der Waals surface area contributed by atoms with Gasteiger partial charge in [0.15, 0.2) is 11.1 Å². The van der Waals surface area contributed by atoms with Gasteiger partial charge in [0.25, 0.3) is 0 Å². The van der Waals surface area contributed by atoms with Crippen LogP contribution in [0.2, 0.25) is 0 Å². The zero-order chi connectivity index (χ0) is 22.0. The fourth-order valence-electron chi connectivity index (χ4n) is 3.26. The molecule has 0 saturated heterocycles. The molecule has 0 amide bonds. The molecule has 174 valence electrons. The van der Waals surface area contributed by atoms with E-state index in [1.54, 1.807) is 11.8 Å². The number of rotatable bonds is 11. The second kappa shape index (κ2) is 14.0. The molecule has 2 N–H and O–H groups in total. The first-order chi connectivity index (χ1) is 14.4. The molecule has 0 atom stereocenters. The van der Waals surface area contributed by atoms with E-state index in [0.29, 0.717) is 5.92 Å². The summed E-state index contributed by atoms with van der Waals surface area (Å²) in [5.74, 6) is 2.51. The van der Waals surface area contributed by atoms with E-state index >= 15 is 0 Å². The van der Waals surface area contributed by atoms with Crippen LogP contribution in [-0.4, -0.2) is 46.6 Å². The Bertz CT molecular complexity index is 789. The molecule has 1 aromatic heterocycles. The van der Waals surface area contributed by atoms with Crippen molar-refractivity contribution < 1.29 is 0 Å². The smallest absolute Gasteiger partial charge is 0.191 e. The predicted molar refractivity (Wildman–Crippen MR) is 144 cm³/mol. The van der Waals surface area contributed by atoms with Crippen LogP contribution >= 0.6 is 35.7 Å². The largest absolute Gasteiger partial charge is 0.357 e. The molecule has 31 heavy (non-hydrogen) atoms.